The second-order valence-corrected chi connectivity index (χ2v) is 11.2. The van der Waals surface area contributed by atoms with E-state index in [1.807, 2.05) is 59.5 Å². The number of nitriles is 1. The molecule has 0 radical (unpaired) electrons. The molecule has 0 spiro atoms. The van der Waals surface area contributed by atoms with E-state index in [1.165, 1.54) is 28.6 Å². The van der Waals surface area contributed by atoms with E-state index >= 15 is 0 Å². The van der Waals surface area contributed by atoms with E-state index < -0.39 is 10.0 Å². The molecule has 8 heteroatoms. The van der Waals surface area contributed by atoms with Gasteiger partial charge in [0.25, 0.3) is 15.9 Å². The third-order valence-electron chi connectivity index (χ3n) is 6.83. The molecule has 0 atom stereocenters. The van der Waals surface area contributed by atoms with Crippen molar-refractivity contribution >= 4 is 27.3 Å². The fraction of sp³-hybridized carbons (Fsp3) is 0.161. The molecule has 4 aromatic carbocycles. The zero-order chi connectivity index (χ0) is 27.2. The van der Waals surface area contributed by atoms with Gasteiger partial charge in [-0.05, 0) is 66.2 Å². The highest BCUT2D eigenvalue weighted by Crippen LogP contribution is 2.27. The van der Waals surface area contributed by atoms with Gasteiger partial charge >= 0.3 is 0 Å². The highest BCUT2D eigenvalue weighted by molar-refractivity contribution is 7.92. The van der Waals surface area contributed by atoms with E-state index in [-0.39, 0.29) is 17.3 Å². The van der Waals surface area contributed by atoms with Crippen LogP contribution in [0.3, 0.4) is 0 Å². The number of carbonyl (C=O) groups is 1. The Morgan fingerprint density at radius 2 is 1.36 bits per heavy atom. The van der Waals surface area contributed by atoms with Gasteiger partial charge in [-0.25, -0.2) is 8.42 Å². The summed E-state index contributed by atoms with van der Waals surface area (Å²) in [6, 6.07) is 34.1. The topological polar surface area (TPSA) is 84.7 Å². The first-order valence-corrected chi connectivity index (χ1v) is 14.2. The maximum atomic E-state index is 13.7. The monoisotopic (exact) mass is 536 g/mol. The third kappa shape index (κ3) is 5.79. The summed E-state index contributed by atoms with van der Waals surface area (Å²) >= 11 is 0. The predicted molar refractivity (Wildman–Crippen MR) is 152 cm³/mol. The van der Waals surface area contributed by atoms with Crippen LogP contribution in [0.5, 0.6) is 0 Å². The van der Waals surface area contributed by atoms with Crippen molar-refractivity contribution in [2.75, 3.05) is 35.4 Å². The molecule has 1 aliphatic heterocycles. The lowest BCUT2D eigenvalue weighted by Gasteiger charge is -2.36. The van der Waals surface area contributed by atoms with Crippen molar-refractivity contribution in [3.63, 3.8) is 0 Å². The van der Waals surface area contributed by atoms with Gasteiger partial charge in [0.1, 0.15) is 0 Å². The van der Waals surface area contributed by atoms with Crippen molar-refractivity contribution in [2.24, 2.45) is 0 Å². The number of benzene rings is 4. The summed E-state index contributed by atoms with van der Waals surface area (Å²) in [7, 11) is -3.94. The Balaban J connectivity index is 1.36. The van der Waals surface area contributed by atoms with E-state index in [1.54, 1.807) is 24.3 Å². The number of hydrogen-bond acceptors (Lipinski definition) is 5. The maximum Gasteiger partial charge on any atom is 0.264 e. The Morgan fingerprint density at radius 1 is 0.769 bits per heavy atom. The van der Waals surface area contributed by atoms with Crippen LogP contribution in [0.4, 0.5) is 11.4 Å². The molecule has 0 N–H and O–H groups in total. The average molecular weight is 537 g/mol. The van der Waals surface area contributed by atoms with Crippen LogP contribution >= 0.6 is 0 Å². The van der Waals surface area contributed by atoms with E-state index in [4.69, 9.17) is 5.26 Å². The number of rotatable bonds is 7. The van der Waals surface area contributed by atoms with E-state index in [0.29, 0.717) is 29.9 Å². The first kappa shape index (κ1) is 26.0. The van der Waals surface area contributed by atoms with Gasteiger partial charge in [-0.3, -0.25) is 9.10 Å². The molecule has 0 aromatic heterocycles. The molecule has 1 amide bonds. The van der Waals surface area contributed by atoms with E-state index in [9.17, 15) is 13.2 Å². The van der Waals surface area contributed by atoms with Crippen molar-refractivity contribution in [3.05, 3.63) is 126 Å². The lowest BCUT2D eigenvalue weighted by atomic mass is 10.1. The van der Waals surface area contributed by atoms with Gasteiger partial charge < -0.3 is 9.80 Å². The van der Waals surface area contributed by atoms with Crippen molar-refractivity contribution in [1.29, 1.82) is 5.26 Å². The van der Waals surface area contributed by atoms with Gasteiger partial charge in [0.05, 0.1) is 28.8 Å². The highest BCUT2D eigenvalue weighted by Gasteiger charge is 2.27. The molecule has 7 nitrogen and oxygen atoms in total. The molecule has 0 saturated carbocycles. The van der Waals surface area contributed by atoms with Crippen LogP contribution in [-0.2, 0) is 16.6 Å². The number of nitrogens with zero attached hydrogens (tertiary/aromatic N) is 4. The average Bonchev–Trinajstić information content (AvgIpc) is 3.00. The number of anilines is 2. The lowest BCUT2D eigenvalue weighted by Crippen LogP contribution is -2.48. The lowest BCUT2D eigenvalue weighted by molar-refractivity contribution is 0.0747. The minimum Gasteiger partial charge on any atom is -0.368 e. The maximum absolute atomic E-state index is 13.7. The molecule has 0 unspecified atom stereocenters. The summed E-state index contributed by atoms with van der Waals surface area (Å²) in [6.07, 6.45) is 0. The number of sulfonamides is 1. The minimum absolute atomic E-state index is 0.0705. The smallest absolute Gasteiger partial charge is 0.264 e. The Kier molecular flexibility index (Phi) is 7.62. The molecular weight excluding hydrogens is 508 g/mol. The second kappa shape index (κ2) is 11.4. The van der Waals surface area contributed by atoms with Gasteiger partial charge in [0.2, 0.25) is 0 Å². The van der Waals surface area contributed by atoms with Gasteiger partial charge in [0.15, 0.2) is 0 Å². The molecule has 0 aliphatic carbocycles. The standard InChI is InChI=1S/C31H28N4O3S/c32-23-25-11-17-30(18-12-25)39(37,38)35(24-26-7-3-1-4-8-26)29-15-13-27(14-16-29)31(36)34-21-19-33(20-22-34)28-9-5-2-6-10-28/h1-18H,19-22,24H2. The molecular formula is C31H28N4O3S. The van der Waals surface area contributed by atoms with Crippen LogP contribution in [0.25, 0.3) is 0 Å². The normalized spacial score (nSPS) is 13.5. The summed E-state index contributed by atoms with van der Waals surface area (Å²) in [4.78, 5) is 17.4. The van der Waals surface area contributed by atoms with Crippen LogP contribution < -0.4 is 9.21 Å². The van der Waals surface area contributed by atoms with E-state index in [2.05, 4.69) is 17.0 Å². The van der Waals surface area contributed by atoms with Gasteiger partial charge in [-0.2, -0.15) is 5.26 Å². The van der Waals surface area contributed by atoms with Gasteiger partial charge in [-0.15, -0.1) is 0 Å². The quantitative estimate of drug-likeness (QED) is 0.335. The van der Waals surface area contributed by atoms with Crippen molar-refractivity contribution in [1.82, 2.24) is 4.90 Å². The Labute approximate surface area is 229 Å². The predicted octanol–water partition coefficient (Wildman–Crippen LogP) is 4.92. The molecule has 4 aromatic rings. The van der Waals surface area contributed by atoms with Crippen molar-refractivity contribution < 1.29 is 13.2 Å². The minimum atomic E-state index is -3.94. The molecule has 5 rings (SSSR count). The van der Waals surface area contributed by atoms with E-state index in [0.717, 1.165) is 24.3 Å². The van der Waals surface area contributed by atoms with Crippen LogP contribution in [0, 0.1) is 11.3 Å². The summed E-state index contributed by atoms with van der Waals surface area (Å²) in [5, 5.41) is 9.10. The number of hydrogen-bond donors (Lipinski definition) is 0. The molecule has 1 fully saturated rings. The van der Waals surface area contributed by atoms with Gasteiger partial charge in [0, 0.05) is 37.4 Å². The summed E-state index contributed by atoms with van der Waals surface area (Å²) in [6.45, 7) is 2.85. The molecule has 1 heterocycles. The number of para-hydroxylation sites is 1. The van der Waals surface area contributed by atoms with Crippen LogP contribution in [0.2, 0.25) is 0 Å². The SMILES string of the molecule is N#Cc1ccc(S(=O)(=O)N(Cc2ccccc2)c2ccc(C(=O)N3CCN(c4ccccc4)CC3)cc2)cc1. The van der Waals surface area contributed by atoms with Crippen molar-refractivity contribution in [3.8, 4) is 6.07 Å². The zero-order valence-corrected chi connectivity index (χ0v) is 22.2. The summed E-state index contributed by atoms with van der Waals surface area (Å²) in [5.74, 6) is -0.0705. The third-order valence-corrected chi connectivity index (χ3v) is 8.62. The molecule has 196 valence electrons. The van der Waals surface area contributed by atoms with Crippen molar-refractivity contribution in [2.45, 2.75) is 11.4 Å². The number of piperazine rings is 1. The fourth-order valence-electron chi connectivity index (χ4n) is 4.65. The van der Waals surface area contributed by atoms with Gasteiger partial charge in [-0.1, -0.05) is 48.5 Å². The van der Waals surface area contributed by atoms with Crippen LogP contribution in [-0.4, -0.2) is 45.4 Å². The first-order chi connectivity index (χ1) is 19.0. The molecule has 1 saturated heterocycles. The Hall–Kier alpha value is -4.61. The molecule has 0 bridgehead atoms. The largest absolute Gasteiger partial charge is 0.368 e. The number of carbonyl (C=O) groups excluding carboxylic acids is 1. The summed E-state index contributed by atoms with van der Waals surface area (Å²) in [5.41, 5.74) is 3.33. The number of amides is 1. The van der Waals surface area contributed by atoms with Crippen LogP contribution in [0.1, 0.15) is 21.5 Å². The second-order valence-electron chi connectivity index (χ2n) is 9.30. The molecule has 39 heavy (non-hydrogen) atoms. The summed E-state index contributed by atoms with van der Waals surface area (Å²) < 4.78 is 28.8. The van der Waals surface area contributed by atoms with Crippen LogP contribution in [0.15, 0.2) is 114 Å². The fourth-order valence-corrected chi connectivity index (χ4v) is 6.11. The Morgan fingerprint density at radius 3 is 1.95 bits per heavy atom. The zero-order valence-electron chi connectivity index (χ0n) is 21.3. The molecule has 1 aliphatic rings. The first-order valence-electron chi connectivity index (χ1n) is 12.7. The highest BCUT2D eigenvalue weighted by atomic mass is 32.2. The Bertz CT molecular complexity index is 1560.